The summed E-state index contributed by atoms with van der Waals surface area (Å²) in [5, 5.41) is 0. The predicted molar refractivity (Wildman–Crippen MR) is 68.1 cm³/mol. The Morgan fingerprint density at radius 3 is 1.53 bits per heavy atom. The Morgan fingerprint density at radius 2 is 1.21 bits per heavy atom. The lowest BCUT2D eigenvalue weighted by Crippen LogP contribution is -2.07. The van der Waals surface area contributed by atoms with Crippen LogP contribution < -0.4 is 14.2 Å². The van der Waals surface area contributed by atoms with E-state index in [1.165, 1.54) is 32.9 Å². The number of benzene rings is 1. The molecular weight excluding hydrogens is 320 g/mol. The third-order valence-electron chi connectivity index (χ3n) is 1.75. The molecule has 0 N–H and O–H groups in total. The lowest BCUT2D eigenvalue weighted by atomic mass is 10.3. The van der Waals surface area contributed by atoms with Gasteiger partial charge in [0.05, 0.1) is 0 Å². The number of ether oxygens (including phenoxy) is 3. The fraction of sp³-hybridized carbons (Fsp3) is 0.250. The second-order valence-corrected chi connectivity index (χ2v) is 4.31. The number of hydrogen-bond acceptors (Lipinski definition) is 6. The first-order valence-corrected chi connectivity index (χ1v) is 5.97. The van der Waals surface area contributed by atoms with E-state index in [2.05, 4.69) is 15.9 Å². The van der Waals surface area contributed by atoms with Gasteiger partial charge in [-0.25, -0.2) is 0 Å². The molecule has 0 bridgehead atoms. The van der Waals surface area contributed by atoms with Crippen LogP contribution in [0.4, 0.5) is 0 Å². The molecule has 6 nitrogen and oxygen atoms in total. The monoisotopic (exact) mass is 330 g/mol. The van der Waals surface area contributed by atoms with Gasteiger partial charge in [-0.15, -0.1) is 0 Å². The van der Waals surface area contributed by atoms with Gasteiger partial charge in [-0.2, -0.15) is 0 Å². The molecule has 0 unspecified atom stereocenters. The maximum atomic E-state index is 11.0. The molecule has 1 aromatic rings. The van der Waals surface area contributed by atoms with E-state index in [1.807, 2.05) is 0 Å². The van der Waals surface area contributed by atoms with Crippen LogP contribution in [0.2, 0.25) is 0 Å². The molecule has 0 saturated carbocycles. The van der Waals surface area contributed by atoms with Crippen molar-refractivity contribution in [2.45, 2.75) is 20.8 Å². The summed E-state index contributed by atoms with van der Waals surface area (Å²) in [5.74, 6) is -1.40. The first-order valence-electron chi connectivity index (χ1n) is 5.18. The number of carbonyl (C=O) groups excluding carboxylic acids is 3. The molecule has 0 heterocycles. The molecule has 1 aromatic carbocycles. The van der Waals surface area contributed by atoms with Crippen molar-refractivity contribution in [2.75, 3.05) is 0 Å². The highest BCUT2D eigenvalue weighted by Crippen LogP contribution is 2.39. The Bertz CT molecular complexity index is 500. The molecule has 0 aliphatic rings. The minimum Gasteiger partial charge on any atom is -0.426 e. The smallest absolute Gasteiger partial charge is 0.308 e. The fourth-order valence-corrected chi connectivity index (χ4v) is 1.62. The number of carbonyl (C=O) groups is 3. The third kappa shape index (κ3) is 4.70. The van der Waals surface area contributed by atoms with Gasteiger partial charge in [-0.05, 0) is 15.9 Å². The van der Waals surface area contributed by atoms with E-state index in [0.29, 0.717) is 0 Å². The van der Waals surface area contributed by atoms with Gasteiger partial charge in [-0.1, -0.05) is 0 Å². The van der Waals surface area contributed by atoms with Crippen molar-refractivity contribution in [3.8, 4) is 17.2 Å². The maximum absolute atomic E-state index is 11.0. The molecule has 0 aliphatic carbocycles. The Hall–Kier alpha value is -1.89. The average Bonchev–Trinajstić information content (AvgIpc) is 2.22. The van der Waals surface area contributed by atoms with E-state index in [4.69, 9.17) is 14.2 Å². The zero-order valence-electron chi connectivity index (χ0n) is 10.5. The molecule has 0 saturated heterocycles. The quantitative estimate of drug-likeness (QED) is 0.624. The van der Waals surface area contributed by atoms with Gasteiger partial charge < -0.3 is 14.2 Å². The zero-order chi connectivity index (χ0) is 14.6. The molecule has 7 heteroatoms. The SMILES string of the molecule is CC(=O)Oc1cc(OC(C)=O)c(Br)c(OC(C)=O)c1. The van der Waals surface area contributed by atoms with Crippen LogP contribution in [-0.4, -0.2) is 17.9 Å². The summed E-state index contributed by atoms with van der Waals surface area (Å²) < 4.78 is 15.0. The normalized spacial score (nSPS) is 9.68. The Morgan fingerprint density at radius 1 is 0.842 bits per heavy atom. The standard InChI is InChI=1S/C12H11BrO6/c1-6(14)17-9-4-10(18-7(2)15)12(13)11(5-9)19-8(3)16/h4-5H,1-3H3. The summed E-state index contributed by atoms with van der Waals surface area (Å²) in [6.07, 6.45) is 0. The highest BCUT2D eigenvalue weighted by Gasteiger charge is 2.16. The van der Waals surface area contributed by atoms with Crippen LogP contribution in [0.15, 0.2) is 16.6 Å². The van der Waals surface area contributed by atoms with Crippen molar-refractivity contribution in [3.05, 3.63) is 16.6 Å². The summed E-state index contributed by atoms with van der Waals surface area (Å²) in [7, 11) is 0. The van der Waals surface area contributed by atoms with Gasteiger partial charge in [0.1, 0.15) is 10.2 Å². The average molecular weight is 331 g/mol. The molecule has 0 aromatic heterocycles. The molecule has 102 valence electrons. The van der Waals surface area contributed by atoms with Crippen LogP contribution in [-0.2, 0) is 14.4 Å². The van der Waals surface area contributed by atoms with Crippen molar-refractivity contribution < 1.29 is 28.6 Å². The first-order chi connectivity index (χ1) is 8.79. The second-order valence-electron chi connectivity index (χ2n) is 3.51. The number of halogens is 1. The van der Waals surface area contributed by atoms with Crippen molar-refractivity contribution in [1.82, 2.24) is 0 Å². The van der Waals surface area contributed by atoms with Crippen LogP contribution in [0.3, 0.4) is 0 Å². The van der Waals surface area contributed by atoms with E-state index < -0.39 is 17.9 Å². The molecule has 0 amide bonds. The Kier molecular flexibility index (Phi) is 5.05. The van der Waals surface area contributed by atoms with Crippen LogP contribution in [0.5, 0.6) is 17.2 Å². The van der Waals surface area contributed by atoms with Crippen LogP contribution in [0, 0.1) is 0 Å². The Labute approximate surface area is 117 Å². The Balaban J connectivity index is 3.24. The topological polar surface area (TPSA) is 78.9 Å². The molecule has 0 aliphatic heterocycles. The van der Waals surface area contributed by atoms with Gasteiger partial charge in [0.25, 0.3) is 0 Å². The predicted octanol–water partition coefficient (Wildman–Crippen LogP) is 2.22. The van der Waals surface area contributed by atoms with Gasteiger partial charge in [0, 0.05) is 32.9 Å². The number of hydrogen-bond donors (Lipinski definition) is 0. The minimum absolute atomic E-state index is 0.0856. The first kappa shape index (κ1) is 15.2. The molecule has 1 rings (SSSR count). The largest absolute Gasteiger partial charge is 0.426 e. The van der Waals surface area contributed by atoms with Gasteiger partial charge in [-0.3, -0.25) is 14.4 Å². The van der Waals surface area contributed by atoms with Gasteiger partial charge in [0.15, 0.2) is 11.5 Å². The van der Waals surface area contributed by atoms with Crippen molar-refractivity contribution in [3.63, 3.8) is 0 Å². The highest BCUT2D eigenvalue weighted by molar-refractivity contribution is 9.10. The van der Waals surface area contributed by atoms with Crippen LogP contribution in [0.25, 0.3) is 0 Å². The lowest BCUT2D eigenvalue weighted by molar-refractivity contribution is -0.132. The zero-order valence-corrected chi connectivity index (χ0v) is 12.1. The summed E-state index contributed by atoms with van der Waals surface area (Å²) in [6.45, 7) is 3.66. The summed E-state index contributed by atoms with van der Waals surface area (Å²) >= 11 is 3.14. The van der Waals surface area contributed by atoms with E-state index in [1.54, 1.807) is 0 Å². The molecular formula is C12H11BrO6. The summed E-state index contributed by atoms with van der Waals surface area (Å²) in [4.78, 5) is 32.9. The second kappa shape index (κ2) is 6.33. The molecule has 0 spiro atoms. The van der Waals surface area contributed by atoms with Crippen molar-refractivity contribution >= 4 is 33.8 Å². The third-order valence-corrected chi connectivity index (χ3v) is 2.53. The fourth-order valence-electron chi connectivity index (χ4n) is 1.23. The van der Waals surface area contributed by atoms with Gasteiger partial charge in [0.2, 0.25) is 0 Å². The van der Waals surface area contributed by atoms with Gasteiger partial charge >= 0.3 is 17.9 Å². The number of esters is 3. The van der Waals surface area contributed by atoms with Crippen LogP contribution in [0.1, 0.15) is 20.8 Å². The molecule has 19 heavy (non-hydrogen) atoms. The summed E-state index contributed by atoms with van der Waals surface area (Å²) in [5.41, 5.74) is 0. The van der Waals surface area contributed by atoms with Crippen molar-refractivity contribution in [1.29, 1.82) is 0 Å². The van der Waals surface area contributed by atoms with E-state index in [-0.39, 0.29) is 21.7 Å². The lowest BCUT2D eigenvalue weighted by Gasteiger charge is -2.11. The van der Waals surface area contributed by atoms with Crippen molar-refractivity contribution in [2.24, 2.45) is 0 Å². The van der Waals surface area contributed by atoms with E-state index in [0.717, 1.165) is 0 Å². The summed E-state index contributed by atoms with van der Waals surface area (Å²) in [6, 6.07) is 2.67. The highest BCUT2D eigenvalue weighted by atomic mass is 79.9. The maximum Gasteiger partial charge on any atom is 0.308 e. The molecule has 0 radical (unpaired) electrons. The molecule has 0 fully saturated rings. The van der Waals surface area contributed by atoms with E-state index in [9.17, 15) is 14.4 Å². The molecule has 0 atom stereocenters. The number of rotatable bonds is 3. The van der Waals surface area contributed by atoms with E-state index >= 15 is 0 Å². The van der Waals surface area contributed by atoms with Crippen LogP contribution >= 0.6 is 15.9 Å². The minimum atomic E-state index is -0.561.